The van der Waals surface area contributed by atoms with Crippen molar-refractivity contribution in [2.75, 3.05) is 11.6 Å². The van der Waals surface area contributed by atoms with E-state index >= 15 is 0 Å². The Morgan fingerprint density at radius 1 is 0.962 bits per heavy atom. The van der Waals surface area contributed by atoms with Crippen LogP contribution >= 0.6 is 0 Å². The van der Waals surface area contributed by atoms with Gasteiger partial charge in [0.1, 0.15) is 5.69 Å². The predicted octanol–water partition coefficient (Wildman–Crippen LogP) is 1.89. The first-order valence-corrected chi connectivity index (χ1v) is 9.51. The largest absolute Gasteiger partial charge is 0.319 e. The molecular weight excluding hydrogens is 354 g/mol. The summed E-state index contributed by atoms with van der Waals surface area (Å²) in [6.07, 6.45) is 1.06. The lowest BCUT2D eigenvalue weighted by Gasteiger charge is -2.10. The third kappa shape index (κ3) is 3.70. The number of nitrogens with one attached hydrogen (secondary N) is 1. The van der Waals surface area contributed by atoms with E-state index in [0.29, 0.717) is 5.69 Å². The van der Waals surface area contributed by atoms with Gasteiger partial charge in [0.2, 0.25) is 0 Å². The predicted molar refractivity (Wildman–Crippen MR) is 97.3 cm³/mol. The van der Waals surface area contributed by atoms with E-state index in [1.54, 1.807) is 42.5 Å². The van der Waals surface area contributed by atoms with Gasteiger partial charge >= 0.3 is 0 Å². The molecule has 0 saturated heterocycles. The number of hydrogen-bond acceptors (Lipinski definition) is 5. The molecule has 1 heterocycles. The summed E-state index contributed by atoms with van der Waals surface area (Å²) in [4.78, 5) is 24.5. The van der Waals surface area contributed by atoms with E-state index in [0.717, 1.165) is 10.9 Å². The summed E-state index contributed by atoms with van der Waals surface area (Å²) in [5.41, 5.74) is 0.268. The van der Waals surface area contributed by atoms with Crippen molar-refractivity contribution >= 4 is 21.4 Å². The van der Waals surface area contributed by atoms with E-state index < -0.39 is 15.7 Å². The molecule has 0 fully saturated rings. The van der Waals surface area contributed by atoms with E-state index in [4.69, 9.17) is 0 Å². The van der Waals surface area contributed by atoms with Crippen LogP contribution in [0.3, 0.4) is 0 Å². The fourth-order valence-corrected chi connectivity index (χ4v) is 3.21. The Morgan fingerprint density at radius 3 is 2.31 bits per heavy atom. The Bertz CT molecular complexity index is 1120. The average molecular weight is 369 g/mol. The van der Waals surface area contributed by atoms with Gasteiger partial charge < -0.3 is 5.32 Å². The Labute approximate surface area is 149 Å². The number of carbonyl (C=O) groups is 1. The Balaban J connectivity index is 1.97. The van der Waals surface area contributed by atoms with Crippen LogP contribution in [-0.2, 0) is 9.84 Å². The summed E-state index contributed by atoms with van der Waals surface area (Å²) in [5, 5.41) is 6.61. The molecule has 1 amide bonds. The van der Waals surface area contributed by atoms with Crippen LogP contribution < -0.4 is 10.9 Å². The summed E-state index contributed by atoms with van der Waals surface area (Å²) in [7, 11) is -3.51. The minimum atomic E-state index is -3.51. The van der Waals surface area contributed by atoms with Crippen LogP contribution in [0.2, 0.25) is 0 Å². The van der Waals surface area contributed by atoms with Gasteiger partial charge in [-0.2, -0.15) is 9.78 Å². The lowest BCUT2D eigenvalue weighted by Crippen LogP contribution is -2.25. The number of para-hydroxylation sites is 2. The number of rotatable bonds is 4. The number of sulfone groups is 1. The third-order valence-corrected chi connectivity index (χ3v) is 4.72. The Hall–Kier alpha value is -3.26. The molecule has 0 atom stereocenters. The smallest absolute Gasteiger partial charge is 0.276 e. The lowest BCUT2D eigenvalue weighted by atomic mass is 10.3. The van der Waals surface area contributed by atoms with Gasteiger partial charge in [-0.15, -0.1) is 0 Å². The molecule has 0 aliphatic heterocycles. The molecule has 0 saturated carbocycles. The SMILES string of the molecule is CS(=O)(=O)c1ccccc1NC(=O)c1ccc(=O)n(-c2ccccc2)n1. The van der Waals surface area contributed by atoms with Gasteiger partial charge in [0.25, 0.3) is 11.5 Å². The number of anilines is 1. The molecule has 1 aromatic heterocycles. The molecule has 0 aliphatic carbocycles. The maximum absolute atomic E-state index is 12.5. The number of amides is 1. The number of hydrogen-bond donors (Lipinski definition) is 1. The molecule has 0 bridgehead atoms. The lowest BCUT2D eigenvalue weighted by molar-refractivity contribution is 0.102. The highest BCUT2D eigenvalue weighted by Crippen LogP contribution is 2.21. The normalized spacial score (nSPS) is 11.1. The van der Waals surface area contributed by atoms with Crippen molar-refractivity contribution in [3.63, 3.8) is 0 Å². The molecule has 7 nitrogen and oxygen atoms in total. The Morgan fingerprint density at radius 2 is 1.62 bits per heavy atom. The third-order valence-electron chi connectivity index (χ3n) is 3.57. The van der Waals surface area contributed by atoms with E-state index in [9.17, 15) is 18.0 Å². The first-order valence-electron chi connectivity index (χ1n) is 7.62. The van der Waals surface area contributed by atoms with Crippen LogP contribution in [0.5, 0.6) is 0 Å². The first kappa shape index (κ1) is 17.6. The maximum atomic E-state index is 12.5. The quantitative estimate of drug-likeness (QED) is 0.757. The Kier molecular flexibility index (Phi) is 4.68. The van der Waals surface area contributed by atoms with Crippen LogP contribution in [0.25, 0.3) is 5.69 Å². The highest BCUT2D eigenvalue weighted by molar-refractivity contribution is 7.90. The van der Waals surface area contributed by atoms with Crippen LogP contribution in [0.1, 0.15) is 10.5 Å². The van der Waals surface area contributed by atoms with Crippen molar-refractivity contribution < 1.29 is 13.2 Å². The molecular formula is C18H15N3O4S. The zero-order chi connectivity index (χ0) is 18.7. The first-order chi connectivity index (χ1) is 12.4. The summed E-state index contributed by atoms with van der Waals surface area (Å²) < 4.78 is 24.8. The average Bonchev–Trinajstić information content (AvgIpc) is 2.62. The zero-order valence-corrected chi connectivity index (χ0v) is 14.6. The summed E-state index contributed by atoms with van der Waals surface area (Å²) in [6, 6.07) is 17.3. The maximum Gasteiger partial charge on any atom is 0.276 e. The molecule has 0 unspecified atom stereocenters. The molecule has 1 N–H and O–H groups in total. The highest BCUT2D eigenvalue weighted by Gasteiger charge is 2.17. The van der Waals surface area contributed by atoms with Crippen molar-refractivity contribution in [3.8, 4) is 5.69 Å². The van der Waals surface area contributed by atoms with Gasteiger partial charge in [-0.05, 0) is 30.3 Å². The fraction of sp³-hybridized carbons (Fsp3) is 0.0556. The van der Waals surface area contributed by atoms with Crippen LogP contribution in [0.15, 0.2) is 76.4 Å². The monoisotopic (exact) mass is 369 g/mol. The van der Waals surface area contributed by atoms with Gasteiger partial charge in [0, 0.05) is 12.3 Å². The molecule has 132 valence electrons. The summed E-state index contributed by atoms with van der Waals surface area (Å²) in [5.74, 6) is -0.620. The molecule has 2 aromatic carbocycles. The molecule has 0 spiro atoms. The van der Waals surface area contributed by atoms with Crippen LogP contribution in [-0.4, -0.2) is 30.4 Å². The number of benzene rings is 2. The minimum absolute atomic E-state index is 0.00438. The minimum Gasteiger partial charge on any atom is -0.319 e. The van der Waals surface area contributed by atoms with Crippen molar-refractivity contribution in [2.45, 2.75) is 4.90 Å². The van der Waals surface area contributed by atoms with Gasteiger partial charge in [0.05, 0.1) is 16.3 Å². The van der Waals surface area contributed by atoms with E-state index in [-0.39, 0.29) is 21.8 Å². The second-order valence-electron chi connectivity index (χ2n) is 5.53. The van der Waals surface area contributed by atoms with E-state index in [1.807, 2.05) is 0 Å². The van der Waals surface area contributed by atoms with Crippen molar-refractivity contribution in [1.29, 1.82) is 0 Å². The topological polar surface area (TPSA) is 98.1 Å². The second-order valence-corrected chi connectivity index (χ2v) is 7.51. The van der Waals surface area contributed by atoms with Crippen molar-refractivity contribution in [3.05, 3.63) is 82.8 Å². The van der Waals surface area contributed by atoms with Crippen LogP contribution in [0, 0.1) is 0 Å². The van der Waals surface area contributed by atoms with Crippen LogP contribution in [0.4, 0.5) is 5.69 Å². The molecule has 26 heavy (non-hydrogen) atoms. The molecule has 0 radical (unpaired) electrons. The number of nitrogens with zero attached hydrogens (tertiary/aromatic N) is 2. The standard InChI is InChI=1S/C18H15N3O4S/c1-26(24,25)16-10-6-5-9-14(16)19-18(23)15-11-12-17(22)21(20-15)13-7-3-2-4-8-13/h2-12H,1H3,(H,19,23). The summed E-state index contributed by atoms with van der Waals surface area (Å²) in [6.45, 7) is 0. The van der Waals surface area contributed by atoms with Gasteiger partial charge in [-0.3, -0.25) is 9.59 Å². The zero-order valence-electron chi connectivity index (χ0n) is 13.8. The molecule has 0 aliphatic rings. The van der Waals surface area contributed by atoms with Gasteiger partial charge in [0.15, 0.2) is 9.84 Å². The number of aromatic nitrogens is 2. The highest BCUT2D eigenvalue weighted by atomic mass is 32.2. The molecule has 3 aromatic rings. The summed E-state index contributed by atoms with van der Waals surface area (Å²) >= 11 is 0. The van der Waals surface area contributed by atoms with E-state index in [2.05, 4.69) is 10.4 Å². The van der Waals surface area contributed by atoms with E-state index in [1.165, 1.54) is 24.3 Å². The number of carbonyl (C=O) groups excluding carboxylic acids is 1. The fourth-order valence-electron chi connectivity index (χ4n) is 2.37. The van der Waals surface area contributed by atoms with Gasteiger partial charge in [-0.25, -0.2) is 8.42 Å². The van der Waals surface area contributed by atoms with Crippen molar-refractivity contribution in [2.24, 2.45) is 0 Å². The molecule has 8 heteroatoms. The second kappa shape index (κ2) is 6.93. The molecule has 3 rings (SSSR count). The van der Waals surface area contributed by atoms with Crippen molar-refractivity contribution in [1.82, 2.24) is 9.78 Å². The van der Waals surface area contributed by atoms with Gasteiger partial charge in [-0.1, -0.05) is 30.3 Å².